The van der Waals surface area contributed by atoms with Crippen molar-refractivity contribution < 1.29 is 23.9 Å². The van der Waals surface area contributed by atoms with Gasteiger partial charge in [0.15, 0.2) is 5.71 Å². The standard InChI is InChI=1S/C21H18BrN3O5/c1-3-30-21(28)17-16-18(25(23-17)14-8-10-15(29-2)11-9-14)20(27)24(19(16)26)13-6-4-12(22)5-7-13/h4-11,16,18H,3H2,1-2H3/t16-,18+/m0/s1. The van der Waals surface area contributed by atoms with E-state index in [1.807, 2.05) is 0 Å². The first-order chi connectivity index (χ1) is 14.5. The van der Waals surface area contributed by atoms with Gasteiger partial charge in [-0.1, -0.05) is 15.9 Å². The van der Waals surface area contributed by atoms with Crippen LogP contribution in [0, 0.1) is 5.92 Å². The number of carbonyl (C=O) groups is 3. The van der Waals surface area contributed by atoms with Gasteiger partial charge in [0.1, 0.15) is 17.7 Å². The van der Waals surface area contributed by atoms with Gasteiger partial charge in [-0.05, 0) is 55.5 Å². The Hall–Kier alpha value is -3.20. The Bertz CT molecular complexity index is 1040. The molecule has 0 aromatic heterocycles. The monoisotopic (exact) mass is 471 g/mol. The van der Waals surface area contributed by atoms with E-state index in [9.17, 15) is 14.4 Å². The largest absolute Gasteiger partial charge is 0.497 e. The number of hydrogen-bond donors (Lipinski definition) is 0. The first-order valence-corrected chi connectivity index (χ1v) is 10.1. The fourth-order valence-corrected chi connectivity index (χ4v) is 3.85. The van der Waals surface area contributed by atoms with Gasteiger partial charge >= 0.3 is 5.97 Å². The predicted octanol–water partition coefficient (Wildman–Crippen LogP) is 2.76. The lowest BCUT2D eigenvalue weighted by Gasteiger charge is -2.22. The second kappa shape index (κ2) is 7.91. The molecule has 0 saturated carbocycles. The van der Waals surface area contributed by atoms with Crippen LogP contribution < -0.4 is 14.6 Å². The Labute approximate surface area is 181 Å². The average Bonchev–Trinajstić information content (AvgIpc) is 3.26. The number of methoxy groups -OCH3 is 1. The lowest BCUT2D eigenvalue weighted by molar-refractivity contribution is -0.136. The van der Waals surface area contributed by atoms with E-state index < -0.39 is 29.7 Å². The zero-order valence-electron chi connectivity index (χ0n) is 16.2. The number of amides is 2. The average molecular weight is 472 g/mol. The third-order valence-corrected chi connectivity index (χ3v) is 5.48. The Morgan fingerprint density at radius 2 is 1.67 bits per heavy atom. The summed E-state index contributed by atoms with van der Waals surface area (Å²) >= 11 is 3.34. The molecule has 2 heterocycles. The molecule has 30 heavy (non-hydrogen) atoms. The van der Waals surface area contributed by atoms with Crippen LogP contribution in [-0.2, 0) is 19.1 Å². The van der Waals surface area contributed by atoms with Gasteiger partial charge in [-0.3, -0.25) is 14.6 Å². The van der Waals surface area contributed by atoms with Crippen molar-refractivity contribution in [2.75, 3.05) is 23.6 Å². The first-order valence-electron chi connectivity index (χ1n) is 9.28. The molecule has 1 saturated heterocycles. The van der Waals surface area contributed by atoms with Gasteiger partial charge in [0.25, 0.3) is 5.91 Å². The Morgan fingerprint density at radius 1 is 1.03 bits per heavy atom. The van der Waals surface area contributed by atoms with Crippen molar-refractivity contribution in [3.63, 3.8) is 0 Å². The van der Waals surface area contributed by atoms with E-state index in [2.05, 4.69) is 21.0 Å². The summed E-state index contributed by atoms with van der Waals surface area (Å²) in [4.78, 5) is 40.2. The van der Waals surface area contributed by atoms with Gasteiger partial charge in [0.05, 0.1) is 25.1 Å². The van der Waals surface area contributed by atoms with Crippen molar-refractivity contribution in [3.05, 3.63) is 53.0 Å². The van der Waals surface area contributed by atoms with Gasteiger partial charge in [-0.15, -0.1) is 0 Å². The van der Waals surface area contributed by atoms with E-state index in [4.69, 9.17) is 9.47 Å². The molecule has 154 valence electrons. The lowest BCUT2D eigenvalue weighted by Crippen LogP contribution is -2.39. The van der Waals surface area contributed by atoms with Crippen LogP contribution >= 0.6 is 15.9 Å². The predicted molar refractivity (Wildman–Crippen MR) is 113 cm³/mol. The van der Waals surface area contributed by atoms with Crippen LogP contribution in [0.25, 0.3) is 0 Å². The molecule has 4 rings (SSSR count). The molecule has 0 bridgehead atoms. The van der Waals surface area contributed by atoms with Crippen molar-refractivity contribution >= 4 is 50.8 Å². The summed E-state index contributed by atoms with van der Waals surface area (Å²) in [7, 11) is 1.55. The Morgan fingerprint density at radius 3 is 2.27 bits per heavy atom. The molecule has 2 atom stereocenters. The van der Waals surface area contributed by atoms with Gasteiger partial charge < -0.3 is 9.47 Å². The quantitative estimate of drug-likeness (QED) is 0.492. The minimum Gasteiger partial charge on any atom is -0.497 e. The highest BCUT2D eigenvalue weighted by atomic mass is 79.9. The molecule has 0 spiro atoms. The maximum Gasteiger partial charge on any atom is 0.355 e. The zero-order chi connectivity index (χ0) is 21.4. The normalized spacial score (nSPS) is 20.3. The van der Waals surface area contributed by atoms with Crippen molar-refractivity contribution in [3.8, 4) is 5.75 Å². The SMILES string of the molecule is CCOC(=O)C1=NN(c2ccc(OC)cc2)[C@H]2C(=O)N(c3ccc(Br)cc3)C(=O)[C@@H]12. The maximum absolute atomic E-state index is 13.3. The molecule has 2 aliphatic heterocycles. The molecule has 1 fully saturated rings. The number of anilines is 2. The van der Waals surface area contributed by atoms with Gasteiger partial charge in [-0.25, -0.2) is 9.69 Å². The molecule has 0 aliphatic carbocycles. The number of fused-ring (bicyclic) bond motifs is 1. The minimum atomic E-state index is -1.04. The van der Waals surface area contributed by atoms with E-state index in [0.717, 1.165) is 9.37 Å². The number of imide groups is 1. The number of halogens is 1. The summed E-state index contributed by atoms with van der Waals surface area (Å²) < 4.78 is 11.1. The number of benzene rings is 2. The molecule has 8 nitrogen and oxygen atoms in total. The molecular weight excluding hydrogens is 454 g/mol. The fraction of sp³-hybridized carbons (Fsp3) is 0.238. The fourth-order valence-electron chi connectivity index (χ4n) is 3.58. The smallest absolute Gasteiger partial charge is 0.355 e. The first kappa shape index (κ1) is 20.1. The van der Waals surface area contributed by atoms with E-state index in [-0.39, 0.29) is 12.3 Å². The van der Waals surface area contributed by atoms with Crippen LogP contribution in [0.5, 0.6) is 5.75 Å². The maximum atomic E-state index is 13.3. The molecule has 9 heteroatoms. The summed E-state index contributed by atoms with van der Waals surface area (Å²) in [6.07, 6.45) is 0. The number of rotatable bonds is 5. The summed E-state index contributed by atoms with van der Waals surface area (Å²) in [5.74, 6) is -2.07. The zero-order valence-corrected chi connectivity index (χ0v) is 17.8. The summed E-state index contributed by atoms with van der Waals surface area (Å²) in [5, 5.41) is 5.73. The van der Waals surface area contributed by atoms with E-state index in [1.54, 1.807) is 62.6 Å². The molecule has 0 unspecified atom stereocenters. The molecule has 2 aromatic rings. The number of esters is 1. The van der Waals surface area contributed by atoms with Gasteiger partial charge in [0.2, 0.25) is 5.91 Å². The van der Waals surface area contributed by atoms with Crippen LogP contribution in [0.15, 0.2) is 58.1 Å². The minimum absolute atomic E-state index is 0.0735. The molecule has 2 amide bonds. The van der Waals surface area contributed by atoms with Crippen molar-refractivity contribution in [2.45, 2.75) is 13.0 Å². The number of hydrazone groups is 1. The summed E-state index contributed by atoms with van der Waals surface area (Å²) in [6, 6.07) is 12.7. The summed E-state index contributed by atoms with van der Waals surface area (Å²) in [5.41, 5.74) is 0.917. The molecule has 2 aromatic carbocycles. The van der Waals surface area contributed by atoms with Crippen LogP contribution in [0.4, 0.5) is 11.4 Å². The summed E-state index contributed by atoms with van der Waals surface area (Å²) in [6.45, 7) is 1.80. The highest BCUT2D eigenvalue weighted by Crippen LogP contribution is 2.38. The third kappa shape index (κ3) is 3.24. The Kier molecular flexibility index (Phi) is 5.29. The molecule has 0 N–H and O–H groups in total. The number of hydrogen-bond acceptors (Lipinski definition) is 7. The van der Waals surface area contributed by atoms with E-state index >= 15 is 0 Å². The highest BCUT2D eigenvalue weighted by Gasteiger charge is 2.59. The number of nitrogens with zero attached hydrogens (tertiary/aromatic N) is 3. The van der Waals surface area contributed by atoms with E-state index in [0.29, 0.717) is 17.1 Å². The van der Waals surface area contributed by atoms with Crippen molar-refractivity contribution in [1.82, 2.24) is 0 Å². The second-order valence-corrected chi connectivity index (χ2v) is 7.57. The molecule has 2 aliphatic rings. The molecule has 0 radical (unpaired) electrons. The van der Waals surface area contributed by atoms with Gasteiger partial charge in [-0.2, -0.15) is 5.10 Å². The third-order valence-electron chi connectivity index (χ3n) is 4.96. The second-order valence-electron chi connectivity index (χ2n) is 6.66. The van der Waals surface area contributed by atoms with Gasteiger partial charge in [0, 0.05) is 4.47 Å². The number of carbonyl (C=O) groups excluding carboxylic acids is 3. The lowest BCUT2D eigenvalue weighted by atomic mass is 9.98. The van der Waals surface area contributed by atoms with Crippen LogP contribution in [0.3, 0.4) is 0 Å². The van der Waals surface area contributed by atoms with E-state index in [1.165, 1.54) is 5.01 Å². The van der Waals surface area contributed by atoms with Crippen molar-refractivity contribution in [2.24, 2.45) is 11.0 Å². The highest BCUT2D eigenvalue weighted by molar-refractivity contribution is 9.10. The van der Waals surface area contributed by atoms with Crippen LogP contribution in [0.1, 0.15) is 6.92 Å². The van der Waals surface area contributed by atoms with Crippen LogP contribution in [-0.4, -0.2) is 43.3 Å². The Balaban J connectivity index is 1.77. The molecular formula is C21H18BrN3O5. The van der Waals surface area contributed by atoms with Crippen molar-refractivity contribution in [1.29, 1.82) is 0 Å². The topological polar surface area (TPSA) is 88.5 Å². The van der Waals surface area contributed by atoms with Crippen LogP contribution in [0.2, 0.25) is 0 Å². The number of ether oxygens (including phenoxy) is 2.